The molecule has 1 aliphatic heterocycles. The number of nitriles is 1. The highest BCUT2D eigenvalue weighted by Crippen LogP contribution is 2.32. The Morgan fingerprint density at radius 3 is 2.70 bits per heavy atom. The number of aryl methyl sites for hydroxylation is 1. The molecule has 5 heteroatoms. The van der Waals surface area contributed by atoms with Crippen LogP contribution in [-0.2, 0) is 4.79 Å². The number of phenolic OH excluding ortho intramolecular Hbond substituents is 1. The molecule has 20 heavy (non-hydrogen) atoms. The fourth-order valence-corrected chi connectivity index (χ4v) is 2.68. The second kappa shape index (κ2) is 5.93. The highest BCUT2D eigenvalue weighted by atomic mass is 16.3. The second-order valence-electron chi connectivity index (χ2n) is 5.31. The molecule has 1 atom stereocenters. The van der Waals surface area contributed by atoms with Crippen molar-refractivity contribution in [2.24, 2.45) is 11.7 Å². The third kappa shape index (κ3) is 2.91. The van der Waals surface area contributed by atoms with E-state index in [1.807, 2.05) is 24.0 Å². The van der Waals surface area contributed by atoms with Crippen LogP contribution >= 0.6 is 0 Å². The number of nitrogens with two attached hydrogens (primary N) is 1. The number of primary amides is 1. The number of carbonyl (C=O) groups excluding carboxylic acids is 1. The number of hydrogen-bond acceptors (Lipinski definition) is 4. The minimum absolute atomic E-state index is 0.100. The first kappa shape index (κ1) is 14.4. The molecule has 3 N–H and O–H groups in total. The predicted octanol–water partition coefficient (Wildman–Crippen LogP) is 1.46. The van der Waals surface area contributed by atoms with Gasteiger partial charge in [0.25, 0.3) is 0 Å². The number of piperidine rings is 1. The lowest BCUT2D eigenvalue weighted by Crippen LogP contribution is -2.40. The number of phenols is 1. The molecule has 0 spiro atoms. The van der Waals surface area contributed by atoms with E-state index in [-0.39, 0.29) is 17.6 Å². The Kier molecular flexibility index (Phi) is 4.26. The van der Waals surface area contributed by atoms with Crippen LogP contribution in [0.4, 0.5) is 0 Å². The molecule has 1 aromatic carbocycles. The number of hydrogen-bond donors (Lipinski definition) is 2. The van der Waals surface area contributed by atoms with Gasteiger partial charge in [0.15, 0.2) is 0 Å². The normalized spacial score (nSPS) is 18.4. The summed E-state index contributed by atoms with van der Waals surface area (Å²) in [4.78, 5) is 13.2. The maximum absolute atomic E-state index is 11.2. The van der Waals surface area contributed by atoms with E-state index in [0.29, 0.717) is 31.5 Å². The van der Waals surface area contributed by atoms with Gasteiger partial charge >= 0.3 is 0 Å². The Morgan fingerprint density at radius 1 is 1.50 bits per heavy atom. The van der Waals surface area contributed by atoms with Crippen LogP contribution in [0.5, 0.6) is 5.75 Å². The van der Waals surface area contributed by atoms with E-state index >= 15 is 0 Å². The minimum Gasteiger partial charge on any atom is -0.508 e. The summed E-state index contributed by atoms with van der Waals surface area (Å²) in [5, 5.41) is 19.4. The van der Waals surface area contributed by atoms with E-state index in [1.54, 1.807) is 6.07 Å². The van der Waals surface area contributed by atoms with Crippen molar-refractivity contribution in [3.63, 3.8) is 0 Å². The van der Waals surface area contributed by atoms with Crippen LogP contribution in [0, 0.1) is 24.2 Å². The lowest BCUT2D eigenvalue weighted by molar-refractivity contribution is -0.123. The van der Waals surface area contributed by atoms with Gasteiger partial charge in [-0.15, -0.1) is 0 Å². The number of benzene rings is 1. The first-order valence-electron chi connectivity index (χ1n) is 6.75. The molecule has 1 heterocycles. The van der Waals surface area contributed by atoms with E-state index in [9.17, 15) is 15.2 Å². The van der Waals surface area contributed by atoms with E-state index in [2.05, 4.69) is 6.07 Å². The maximum Gasteiger partial charge on any atom is 0.220 e. The predicted molar refractivity (Wildman–Crippen MR) is 74.7 cm³/mol. The van der Waals surface area contributed by atoms with E-state index < -0.39 is 6.04 Å². The third-order valence-corrected chi connectivity index (χ3v) is 3.90. The molecule has 0 radical (unpaired) electrons. The Balaban J connectivity index is 2.16. The van der Waals surface area contributed by atoms with Gasteiger partial charge in [-0.25, -0.2) is 0 Å². The fraction of sp³-hybridized carbons (Fsp3) is 0.467. The van der Waals surface area contributed by atoms with E-state index in [4.69, 9.17) is 5.73 Å². The average Bonchev–Trinajstić information content (AvgIpc) is 2.44. The molecule has 0 aliphatic carbocycles. The van der Waals surface area contributed by atoms with Crippen molar-refractivity contribution < 1.29 is 9.90 Å². The topological polar surface area (TPSA) is 90.3 Å². The smallest absolute Gasteiger partial charge is 0.220 e. The second-order valence-corrected chi connectivity index (χ2v) is 5.31. The molecular formula is C15H19N3O2. The van der Waals surface area contributed by atoms with Gasteiger partial charge in [-0.3, -0.25) is 9.69 Å². The summed E-state index contributed by atoms with van der Waals surface area (Å²) in [5.41, 5.74) is 6.95. The monoisotopic (exact) mass is 273 g/mol. The molecule has 1 fully saturated rings. The fourth-order valence-electron chi connectivity index (χ4n) is 2.68. The molecular weight excluding hydrogens is 254 g/mol. The van der Waals surface area contributed by atoms with Crippen LogP contribution < -0.4 is 5.73 Å². The standard InChI is InChI=1S/C15H19N3O2/c1-10-2-3-14(19)12(8-10)13(9-16)18-6-4-11(5-7-18)15(17)20/h2-3,8,11,13,19H,4-7H2,1H3,(H2,17,20). The van der Waals surface area contributed by atoms with Crippen molar-refractivity contribution in [2.75, 3.05) is 13.1 Å². The lowest BCUT2D eigenvalue weighted by atomic mass is 9.93. The summed E-state index contributed by atoms with van der Waals surface area (Å²) in [6.07, 6.45) is 1.33. The number of aromatic hydroxyl groups is 1. The van der Waals surface area contributed by atoms with Gasteiger partial charge in [-0.2, -0.15) is 5.26 Å². The van der Waals surface area contributed by atoms with Crippen LogP contribution in [0.3, 0.4) is 0 Å². The molecule has 1 unspecified atom stereocenters. The van der Waals surface area contributed by atoms with Gasteiger partial charge in [-0.05, 0) is 31.9 Å². The summed E-state index contributed by atoms with van der Waals surface area (Å²) in [5.74, 6) is -0.229. The molecule has 0 bridgehead atoms. The van der Waals surface area contributed by atoms with Crippen molar-refractivity contribution in [1.82, 2.24) is 4.90 Å². The first-order valence-corrected chi connectivity index (χ1v) is 6.75. The first-order chi connectivity index (χ1) is 9.52. The maximum atomic E-state index is 11.2. The Bertz CT molecular complexity index is 543. The van der Waals surface area contributed by atoms with E-state index in [1.165, 1.54) is 0 Å². The summed E-state index contributed by atoms with van der Waals surface area (Å²) in [7, 11) is 0. The third-order valence-electron chi connectivity index (χ3n) is 3.90. The minimum atomic E-state index is -0.483. The van der Waals surface area contributed by atoms with Gasteiger partial charge in [0.2, 0.25) is 5.91 Å². The molecule has 1 aromatic rings. The summed E-state index contributed by atoms with van der Waals surface area (Å²) in [6.45, 7) is 3.20. The molecule has 1 saturated heterocycles. The average molecular weight is 273 g/mol. The number of carbonyl (C=O) groups is 1. The SMILES string of the molecule is Cc1ccc(O)c(C(C#N)N2CCC(C(N)=O)CC2)c1. The van der Waals surface area contributed by atoms with Crippen LogP contribution in [0.2, 0.25) is 0 Å². The van der Waals surface area contributed by atoms with Crippen LogP contribution in [-0.4, -0.2) is 29.0 Å². The Labute approximate surface area is 118 Å². The molecule has 5 nitrogen and oxygen atoms in total. The molecule has 0 aromatic heterocycles. The zero-order valence-electron chi connectivity index (χ0n) is 11.5. The van der Waals surface area contributed by atoms with Gasteiger partial charge in [0.05, 0.1) is 6.07 Å². The molecule has 1 amide bonds. The van der Waals surface area contributed by atoms with E-state index in [0.717, 1.165) is 5.56 Å². The van der Waals surface area contributed by atoms with Crippen molar-refractivity contribution in [3.8, 4) is 11.8 Å². The van der Waals surface area contributed by atoms with Crippen molar-refractivity contribution in [1.29, 1.82) is 5.26 Å². The molecule has 2 rings (SSSR count). The zero-order valence-corrected chi connectivity index (χ0v) is 11.5. The summed E-state index contributed by atoms with van der Waals surface area (Å²) in [6, 6.07) is 7.03. The van der Waals surface area contributed by atoms with Crippen LogP contribution in [0.25, 0.3) is 0 Å². The van der Waals surface area contributed by atoms with Gasteiger partial charge < -0.3 is 10.8 Å². The van der Waals surface area contributed by atoms with Crippen molar-refractivity contribution in [3.05, 3.63) is 29.3 Å². The van der Waals surface area contributed by atoms with Crippen LogP contribution in [0.15, 0.2) is 18.2 Å². The number of nitrogens with zero attached hydrogens (tertiary/aromatic N) is 2. The number of rotatable bonds is 3. The van der Waals surface area contributed by atoms with Crippen molar-refractivity contribution >= 4 is 5.91 Å². The molecule has 106 valence electrons. The Hall–Kier alpha value is -2.06. The zero-order chi connectivity index (χ0) is 14.7. The van der Waals surface area contributed by atoms with Crippen molar-refractivity contribution in [2.45, 2.75) is 25.8 Å². The largest absolute Gasteiger partial charge is 0.508 e. The lowest BCUT2D eigenvalue weighted by Gasteiger charge is -2.33. The molecule has 0 saturated carbocycles. The molecule has 1 aliphatic rings. The number of likely N-dealkylation sites (tertiary alicyclic amines) is 1. The van der Waals surface area contributed by atoms with Gasteiger partial charge in [0.1, 0.15) is 11.8 Å². The highest BCUT2D eigenvalue weighted by Gasteiger charge is 2.29. The number of amides is 1. The summed E-state index contributed by atoms with van der Waals surface area (Å²) < 4.78 is 0. The highest BCUT2D eigenvalue weighted by molar-refractivity contribution is 5.76. The van der Waals surface area contributed by atoms with Crippen LogP contribution in [0.1, 0.15) is 30.0 Å². The Morgan fingerprint density at radius 2 is 2.15 bits per heavy atom. The van der Waals surface area contributed by atoms with Gasteiger partial charge in [-0.1, -0.05) is 11.6 Å². The van der Waals surface area contributed by atoms with Gasteiger partial charge in [0, 0.05) is 24.6 Å². The quantitative estimate of drug-likeness (QED) is 0.872. The summed E-state index contributed by atoms with van der Waals surface area (Å²) >= 11 is 0.